The summed E-state index contributed by atoms with van der Waals surface area (Å²) in [5.41, 5.74) is -0.644. The van der Waals surface area contributed by atoms with E-state index in [0.29, 0.717) is 16.7 Å². The van der Waals surface area contributed by atoms with Crippen molar-refractivity contribution in [2.24, 2.45) is 5.10 Å². The highest BCUT2D eigenvalue weighted by molar-refractivity contribution is 9.10. The molecule has 10 heteroatoms. The van der Waals surface area contributed by atoms with E-state index in [9.17, 15) is 20.0 Å². The Morgan fingerprint density at radius 2 is 2.00 bits per heavy atom. The number of hydrogen-bond acceptors (Lipinski definition) is 6. The van der Waals surface area contributed by atoms with E-state index in [4.69, 9.17) is 11.6 Å². The quantitative estimate of drug-likeness (QED) is 0.335. The van der Waals surface area contributed by atoms with Gasteiger partial charge in [0.2, 0.25) is 5.75 Å². The first-order valence-corrected chi connectivity index (χ1v) is 9.60. The molecule has 0 aliphatic rings. The van der Waals surface area contributed by atoms with Gasteiger partial charge in [0.1, 0.15) is 5.82 Å². The Morgan fingerprint density at radius 3 is 2.62 bits per heavy atom. The van der Waals surface area contributed by atoms with Gasteiger partial charge in [0.15, 0.2) is 0 Å². The van der Waals surface area contributed by atoms with Gasteiger partial charge in [0.05, 0.1) is 27.1 Å². The van der Waals surface area contributed by atoms with Crippen molar-refractivity contribution in [1.82, 2.24) is 9.66 Å². The molecule has 1 aromatic heterocycles. The molecular formula is C19H16BrClN4O4. The average molecular weight is 480 g/mol. The maximum Gasteiger partial charge on any atom is 0.312 e. The van der Waals surface area contributed by atoms with E-state index in [2.05, 4.69) is 26.0 Å². The fraction of sp³-hybridized carbons (Fsp3) is 0.211. The first-order chi connectivity index (χ1) is 13.5. The van der Waals surface area contributed by atoms with Gasteiger partial charge in [-0.2, -0.15) is 9.78 Å². The molecule has 0 unspecified atom stereocenters. The second-order valence-electron chi connectivity index (χ2n) is 7.34. The highest BCUT2D eigenvalue weighted by atomic mass is 79.9. The zero-order valence-corrected chi connectivity index (χ0v) is 18.0. The SMILES string of the molecule is CC(C)(C)c1nc2ccc(Br)cc2c(=O)n1N=Cc1cc(Cl)c(O)c([N+](=O)[O-])c1. The Morgan fingerprint density at radius 1 is 1.31 bits per heavy atom. The van der Waals surface area contributed by atoms with Gasteiger partial charge in [-0.05, 0) is 24.3 Å². The lowest BCUT2D eigenvalue weighted by molar-refractivity contribution is -0.385. The molecule has 0 saturated carbocycles. The van der Waals surface area contributed by atoms with Gasteiger partial charge < -0.3 is 5.11 Å². The highest BCUT2D eigenvalue weighted by Gasteiger charge is 2.23. The molecule has 0 bridgehead atoms. The molecule has 1 heterocycles. The molecule has 0 aliphatic carbocycles. The number of rotatable bonds is 3. The minimum absolute atomic E-state index is 0.190. The highest BCUT2D eigenvalue weighted by Crippen LogP contribution is 2.34. The van der Waals surface area contributed by atoms with Gasteiger partial charge in [0.25, 0.3) is 5.56 Å². The van der Waals surface area contributed by atoms with Crippen molar-refractivity contribution in [3.8, 4) is 5.75 Å². The second-order valence-corrected chi connectivity index (χ2v) is 8.66. The van der Waals surface area contributed by atoms with Crippen LogP contribution in [0.4, 0.5) is 5.69 Å². The van der Waals surface area contributed by atoms with E-state index < -0.39 is 21.8 Å². The van der Waals surface area contributed by atoms with Crippen LogP contribution in [0.25, 0.3) is 10.9 Å². The number of benzene rings is 2. The van der Waals surface area contributed by atoms with E-state index in [-0.39, 0.29) is 16.1 Å². The van der Waals surface area contributed by atoms with Crippen LogP contribution in [-0.4, -0.2) is 25.9 Å². The molecule has 1 N–H and O–H groups in total. The molecular weight excluding hydrogens is 464 g/mol. The van der Waals surface area contributed by atoms with Gasteiger partial charge in [0, 0.05) is 21.5 Å². The topological polar surface area (TPSA) is 111 Å². The number of halogens is 2. The van der Waals surface area contributed by atoms with Crippen LogP contribution in [0, 0.1) is 10.1 Å². The Balaban J connectivity index is 2.23. The number of aromatic hydroxyl groups is 1. The lowest BCUT2D eigenvalue weighted by atomic mass is 9.95. The van der Waals surface area contributed by atoms with Gasteiger partial charge in [-0.25, -0.2) is 4.98 Å². The lowest BCUT2D eigenvalue weighted by Crippen LogP contribution is -2.29. The number of aromatic nitrogens is 2. The molecule has 0 radical (unpaired) electrons. The van der Waals surface area contributed by atoms with E-state index in [0.717, 1.165) is 10.5 Å². The van der Waals surface area contributed by atoms with Crippen LogP contribution in [0.15, 0.2) is 44.7 Å². The van der Waals surface area contributed by atoms with Crippen LogP contribution >= 0.6 is 27.5 Å². The summed E-state index contributed by atoms with van der Waals surface area (Å²) < 4.78 is 1.89. The van der Waals surface area contributed by atoms with Crippen molar-refractivity contribution in [3.63, 3.8) is 0 Å². The molecule has 0 saturated heterocycles. The molecule has 0 fully saturated rings. The summed E-state index contributed by atoms with van der Waals surface area (Å²) >= 11 is 9.22. The molecule has 3 aromatic rings. The smallest absolute Gasteiger partial charge is 0.312 e. The summed E-state index contributed by atoms with van der Waals surface area (Å²) in [6, 6.07) is 7.64. The number of nitrogens with zero attached hydrogens (tertiary/aromatic N) is 4. The molecule has 29 heavy (non-hydrogen) atoms. The second kappa shape index (κ2) is 7.57. The first-order valence-electron chi connectivity index (χ1n) is 8.43. The molecule has 0 aliphatic heterocycles. The number of fused-ring (bicyclic) bond motifs is 1. The van der Waals surface area contributed by atoms with E-state index in [1.165, 1.54) is 17.0 Å². The van der Waals surface area contributed by atoms with Crippen molar-refractivity contribution in [1.29, 1.82) is 0 Å². The van der Waals surface area contributed by atoms with Crippen LogP contribution in [-0.2, 0) is 5.41 Å². The Hall–Kier alpha value is -2.78. The molecule has 0 atom stereocenters. The Labute approximate surface area is 178 Å². The van der Waals surface area contributed by atoms with Gasteiger partial charge in [-0.3, -0.25) is 14.9 Å². The summed E-state index contributed by atoms with van der Waals surface area (Å²) in [4.78, 5) is 28.0. The number of phenols is 1. The van der Waals surface area contributed by atoms with E-state index >= 15 is 0 Å². The van der Waals surface area contributed by atoms with Crippen LogP contribution in [0.1, 0.15) is 32.2 Å². The largest absolute Gasteiger partial charge is 0.501 e. The third-order valence-corrected chi connectivity index (χ3v) is 4.85. The summed E-state index contributed by atoms with van der Waals surface area (Å²) in [6.45, 7) is 5.69. The fourth-order valence-electron chi connectivity index (χ4n) is 2.68. The van der Waals surface area contributed by atoms with E-state index in [1.54, 1.807) is 18.2 Å². The van der Waals surface area contributed by atoms with Crippen LogP contribution in [0.5, 0.6) is 5.75 Å². The third kappa shape index (κ3) is 4.15. The number of nitro groups is 1. The summed E-state index contributed by atoms with van der Waals surface area (Å²) in [5.74, 6) is -0.202. The molecule has 2 aromatic carbocycles. The molecule has 3 rings (SSSR count). The van der Waals surface area contributed by atoms with Crippen LogP contribution in [0.3, 0.4) is 0 Å². The van der Waals surface area contributed by atoms with Crippen LogP contribution in [0.2, 0.25) is 5.02 Å². The molecule has 8 nitrogen and oxygen atoms in total. The Kier molecular flexibility index (Phi) is 5.46. The van der Waals surface area contributed by atoms with E-state index in [1.807, 2.05) is 20.8 Å². The average Bonchev–Trinajstić information content (AvgIpc) is 2.62. The van der Waals surface area contributed by atoms with Crippen molar-refractivity contribution >= 4 is 50.3 Å². The minimum Gasteiger partial charge on any atom is -0.501 e. The van der Waals surface area contributed by atoms with Gasteiger partial charge >= 0.3 is 5.69 Å². The monoisotopic (exact) mass is 478 g/mol. The number of hydrogen-bond donors (Lipinski definition) is 1. The zero-order valence-electron chi connectivity index (χ0n) is 15.7. The van der Waals surface area contributed by atoms with Crippen molar-refractivity contribution in [2.75, 3.05) is 0 Å². The maximum absolute atomic E-state index is 13.1. The van der Waals surface area contributed by atoms with Crippen LogP contribution < -0.4 is 5.56 Å². The molecule has 150 valence electrons. The van der Waals surface area contributed by atoms with Crippen molar-refractivity contribution in [2.45, 2.75) is 26.2 Å². The number of phenolic OH excluding ortho intramolecular Hbond substituents is 1. The third-order valence-electron chi connectivity index (χ3n) is 4.06. The number of nitro benzene ring substituents is 1. The minimum atomic E-state index is -0.750. The molecule has 0 spiro atoms. The summed E-state index contributed by atoms with van der Waals surface area (Å²) in [5, 5.41) is 25.2. The maximum atomic E-state index is 13.1. The standard InChI is InChI=1S/C19H16BrClN4O4/c1-19(2,3)18-23-14-5-4-11(20)8-12(14)17(27)24(18)22-9-10-6-13(21)16(26)15(7-10)25(28)29/h4-9,26H,1-3H3. The van der Waals surface area contributed by atoms with Gasteiger partial charge in [-0.1, -0.05) is 48.3 Å². The molecule has 0 amide bonds. The normalized spacial score (nSPS) is 12.0. The zero-order chi connectivity index (χ0) is 21.5. The van der Waals surface area contributed by atoms with Crippen molar-refractivity contribution < 1.29 is 10.0 Å². The predicted octanol–water partition coefficient (Wildman–Crippen LogP) is 4.61. The van der Waals surface area contributed by atoms with Gasteiger partial charge in [-0.15, -0.1) is 0 Å². The summed E-state index contributed by atoms with van der Waals surface area (Å²) in [6.07, 6.45) is 1.26. The Bertz CT molecular complexity index is 1230. The summed E-state index contributed by atoms with van der Waals surface area (Å²) in [7, 11) is 0. The first kappa shape index (κ1) is 20.9. The van der Waals surface area contributed by atoms with Crippen molar-refractivity contribution in [3.05, 3.63) is 71.7 Å². The fourth-order valence-corrected chi connectivity index (χ4v) is 3.27. The predicted molar refractivity (Wildman–Crippen MR) is 115 cm³/mol. The lowest BCUT2D eigenvalue weighted by Gasteiger charge is -2.20.